The average molecular weight is 338 g/mol. The van der Waals surface area contributed by atoms with Gasteiger partial charge in [0.15, 0.2) is 11.5 Å². The number of hydrogen-bond donors (Lipinski definition) is 0. The Hall–Kier alpha value is -2.70. The van der Waals surface area contributed by atoms with Crippen molar-refractivity contribution < 1.29 is 14.2 Å². The molecule has 0 aliphatic rings. The molecule has 0 fully saturated rings. The van der Waals surface area contributed by atoms with Gasteiger partial charge in [0.05, 0.1) is 0 Å². The number of ether oxygens (including phenoxy) is 3. The third kappa shape index (κ3) is 5.41. The average Bonchev–Trinajstić information content (AvgIpc) is 2.62. The lowest BCUT2D eigenvalue weighted by Gasteiger charge is -2.31. The molecule has 0 spiro atoms. The van der Waals surface area contributed by atoms with E-state index in [9.17, 15) is 0 Å². The van der Waals surface area contributed by atoms with Crippen molar-refractivity contribution in [3.05, 3.63) is 17.7 Å². The van der Waals surface area contributed by atoms with Crippen LogP contribution in [0.15, 0.2) is 12.1 Å². The molecular weight excluding hydrogens is 312 g/mol. The zero-order chi connectivity index (χ0) is 18.9. The summed E-state index contributed by atoms with van der Waals surface area (Å²) in [4.78, 5) is 0. The summed E-state index contributed by atoms with van der Waals surface area (Å²) in [5.74, 6) is 9.07. The largest absolute Gasteiger partial charge is 0.477 e. The summed E-state index contributed by atoms with van der Waals surface area (Å²) in [6.45, 7) is 9.14. The normalized spacial score (nSPS) is 11.6. The van der Waals surface area contributed by atoms with E-state index in [0.717, 1.165) is 12.0 Å². The maximum Gasteiger partial charge on any atom is 0.204 e. The van der Waals surface area contributed by atoms with Crippen LogP contribution in [0.3, 0.4) is 0 Å². The van der Waals surface area contributed by atoms with Crippen molar-refractivity contribution in [1.29, 1.82) is 0 Å². The number of terminal acetylenes is 3. The molecule has 0 aliphatic carbocycles. The van der Waals surface area contributed by atoms with Crippen LogP contribution in [0.4, 0.5) is 0 Å². The summed E-state index contributed by atoms with van der Waals surface area (Å²) >= 11 is 0. The van der Waals surface area contributed by atoms with Crippen LogP contribution in [0, 0.1) is 42.4 Å². The molecule has 1 atom stereocenters. The molecule has 3 nitrogen and oxygen atoms in total. The first-order chi connectivity index (χ1) is 11.9. The van der Waals surface area contributed by atoms with E-state index >= 15 is 0 Å². The van der Waals surface area contributed by atoms with Crippen LogP contribution in [-0.2, 0) is 0 Å². The van der Waals surface area contributed by atoms with Crippen molar-refractivity contribution in [3.63, 3.8) is 0 Å². The van der Waals surface area contributed by atoms with Gasteiger partial charge in [0.25, 0.3) is 0 Å². The van der Waals surface area contributed by atoms with E-state index in [0.29, 0.717) is 17.2 Å². The van der Waals surface area contributed by atoms with Crippen molar-refractivity contribution in [2.24, 2.45) is 5.41 Å². The molecule has 0 amide bonds. The summed E-state index contributed by atoms with van der Waals surface area (Å²) in [6.07, 6.45) is 17.0. The molecule has 0 bridgehead atoms. The lowest BCUT2D eigenvalue weighted by molar-refractivity contribution is 0.274. The molecule has 1 rings (SSSR count). The fourth-order valence-electron chi connectivity index (χ4n) is 2.31. The fourth-order valence-corrected chi connectivity index (χ4v) is 2.31. The first-order valence-electron chi connectivity index (χ1n) is 8.28. The van der Waals surface area contributed by atoms with Crippen LogP contribution in [0.5, 0.6) is 17.2 Å². The molecule has 1 aromatic carbocycles. The van der Waals surface area contributed by atoms with Gasteiger partial charge in [-0.25, -0.2) is 0 Å². The minimum Gasteiger partial charge on any atom is -0.477 e. The maximum absolute atomic E-state index is 5.68. The van der Waals surface area contributed by atoms with E-state index in [-0.39, 0.29) is 31.2 Å². The molecular formula is C22H26O3. The predicted octanol–water partition coefficient (Wildman–Crippen LogP) is 4.26. The topological polar surface area (TPSA) is 27.7 Å². The SMILES string of the molecule is C#CCOc1cc(C(C)C(C)(C)CC)cc(OCC#C)c1OCC#C. The second-order valence-electron chi connectivity index (χ2n) is 6.39. The van der Waals surface area contributed by atoms with Gasteiger partial charge in [0.2, 0.25) is 5.75 Å². The second-order valence-corrected chi connectivity index (χ2v) is 6.39. The molecule has 0 saturated heterocycles. The third-order valence-corrected chi connectivity index (χ3v) is 4.55. The molecule has 3 heteroatoms. The summed E-state index contributed by atoms with van der Waals surface area (Å²) in [5, 5.41) is 0. The van der Waals surface area contributed by atoms with Crippen LogP contribution >= 0.6 is 0 Å². The molecule has 0 N–H and O–H groups in total. The predicted molar refractivity (Wildman–Crippen MR) is 102 cm³/mol. The van der Waals surface area contributed by atoms with Gasteiger partial charge in [0.1, 0.15) is 19.8 Å². The van der Waals surface area contributed by atoms with Crippen LogP contribution in [0.25, 0.3) is 0 Å². The molecule has 1 unspecified atom stereocenters. The first kappa shape index (κ1) is 20.3. The zero-order valence-corrected chi connectivity index (χ0v) is 15.5. The summed E-state index contributed by atoms with van der Waals surface area (Å²) in [6, 6.07) is 3.88. The smallest absolute Gasteiger partial charge is 0.204 e. The van der Waals surface area contributed by atoms with Gasteiger partial charge in [0, 0.05) is 0 Å². The first-order valence-corrected chi connectivity index (χ1v) is 8.28. The Morgan fingerprint density at radius 2 is 1.36 bits per heavy atom. The highest BCUT2D eigenvalue weighted by atomic mass is 16.5. The highest BCUT2D eigenvalue weighted by molar-refractivity contribution is 5.55. The van der Waals surface area contributed by atoms with Crippen LogP contribution in [-0.4, -0.2) is 19.8 Å². The Morgan fingerprint density at radius 3 is 1.76 bits per heavy atom. The summed E-state index contributed by atoms with van der Waals surface area (Å²) in [5.41, 5.74) is 1.17. The van der Waals surface area contributed by atoms with Gasteiger partial charge in [-0.15, -0.1) is 19.3 Å². The van der Waals surface area contributed by atoms with E-state index in [2.05, 4.69) is 45.5 Å². The van der Waals surface area contributed by atoms with Gasteiger partial charge < -0.3 is 14.2 Å². The Bertz CT molecular complexity index is 656. The van der Waals surface area contributed by atoms with Crippen molar-refractivity contribution in [3.8, 4) is 54.3 Å². The monoisotopic (exact) mass is 338 g/mol. The quantitative estimate of drug-likeness (QED) is 0.630. The van der Waals surface area contributed by atoms with E-state index in [1.54, 1.807) is 0 Å². The van der Waals surface area contributed by atoms with Gasteiger partial charge in [-0.05, 0) is 29.0 Å². The van der Waals surface area contributed by atoms with Crippen molar-refractivity contribution in [2.75, 3.05) is 19.8 Å². The van der Waals surface area contributed by atoms with Crippen LogP contribution < -0.4 is 14.2 Å². The standard InChI is InChI=1S/C22H26O3/c1-8-12-23-19-15-18(17(5)22(6,7)11-4)16-20(24-13-9-2)21(19)25-14-10-3/h1-3,15-17H,11-14H2,4-7H3. The number of benzene rings is 1. The number of rotatable bonds is 9. The van der Waals surface area contributed by atoms with E-state index in [4.69, 9.17) is 33.5 Å². The summed E-state index contributed by atoms with van der Waals surface area (Å²) < 4.78 is 17.0. The highest BCUT2D eigenvalue weighted by Gasteiger charge is 2.27. The van der Waals surface area contributed by atoms with E-state index < -0.39 is 0 Å². The van der Waals surface area contributed by atoms with Gasteiger partial charge in [-0.2, -0.15) is 0 Å². The zero-order valence-electron chi connectivity index (χ0n) is 15.5. The minimum atomic E-state index is 0.0914. The number of hydrogen-bond acceptors (Lipinski definition) is 3. The summed E-state index contributed by atoms with van der Waals surface area (Å²) in [7, 11) is 0. The van der Waals surface area contributed by atoms with E-state index in [1.165, 1.54) is 0 Å². The van der Waals surface area contributed by atoms with E-state index in [1.807, 2.05) is 12.1 Å². The Labute approximate surface area is 152 Å². The Kier molecular flexibility index (Phi) is 7.78. The Balaban J connectivity index is 3.42. The van der Waals surface area contributed by atoms with Crippen molar-refractivity contribution in [1.82, 2.24) is 0 Å². The third-order valence-electron chi connectivity index (χ3n) is 4.55. The minimum absolute atomic E-state index is 0.0914. The fraction of sp³-hybridized carbons (Fsp3) is 0.455. The second kappa shape index (κ2) is 9.56. The lowest BCUT2D eigenvalue weighted by atomic mass is 9.74. The van der Waals surface area contributed by atoms with Gasteiger partial charge in [-0.1, -0.05) is 51.9 Å². The van der Waals surface area contributed by atoms with Gasteiger partial charge in [-0.3, -0.25) is 0 Å². The Morgan fingerprint density at radius 1 is 0.920 bits per heavy atom. The molecule has 132 valence electrons. The molecule has 0 saturated carbocycles. The molecule has 0 aromatic heterocycles. The molecule has 0 heterocycles. The molecule has 0 aliphatic heterocycles. The van der Waals surface area contributed by atoms with Gasteiger partial charge >= 0.3 is 0 Å². The van der Waals surface area contributed by atoms with Crippen molar-refractivity contribution >= 4 is 0 Å². The lowest BCUT2D eigenvalue weighted by Crippen LogP contribution is -2.19. The van der Waals surface area contributed by atoms with Crippen molar-refractivity contribution in [2.45, 2.75) is 40.0 Å². The molecule has 1 aromatic rings. The molecule has 25 heavy (non-hydrogen) atoms. The maximum atomic E-state index is 5.68. The highest BCUT2D eigenvalue weighted by Crippen LogP contribution is 2.45. The van der Waals surface area contributed by atoms with Crippen LogP contribution in [0.1, 0.15) is 45.6 Å². The molecule has 0 radical (unpaired) electrons. The van der Waals surface area contributed by atoms with Crippen LogP contribution in [0.2, 0.25) is 0 Å².